The van der Waals surface area contributed by atoms with E-state index in [-0.39, 0.29) is 24.3 Å². The number of hydrogen-bond donors (Lipinski definition) is 1. The van der Waals surface area contributed by atoms with Crippen LogP contribution >= 0.6 is 12.4 Å². The number of hydrogen-bond acceptors (Lipinski definition) is 4. The minimum Gasteiger partial charge on any atom is -0.494 e. The summed E-state index contributed by atoms with van der Waals surface area (Å²) in [5, 5.41) is 9.45. The van der Waals surface area contributed by atoms with E-state index in [1.807, 2.05) is 31.2 Å². The van der Waals surface area contributed by atoms with Crippen LogP contribution in [0.5, 0.6) is 5.75 Å². The smallest absolute Gasteiger partial charge is 0.162 e. The van der Waals surface area contributed by atoms with E-state index in [0.717, 1.165) is 50.2 Å². The molecular formula is C17H26ClNO3. The third-order valence-electron chi connectivity index (χ3n) is 3.94. The fraction of sp³-hybridized carbons (Fsp3) is 0.588. The lowest BCUT2D eigenvalue weighted by Gasteiger charge is -2.29. The molecule has 0 unspecified atom stereocenters. The van der Waals surface area contributed by atoms with Gasteiger partial charge >= 0.3 is 0 Å². The highest BCUT2D eigenvalue weighted by Crippen LogP contribution is 2.14. The van der Waals surface area contributed by atoms with E-state index in [1.165, 1.54) is 0 Å². The molecule has 0 aromatic heterocycles. The van der Waals surface area contributed by atoms with Crippen molar-refractivity contribution in [2.24, 2.45) is 0 Å². The Morgan fingerprint density at radius 2 is 1.91 bits per heavy atom. The van der Waals surface area contributed by atoms with Crippen LogP contribution in [0.1, 0.15) is 43.0 Å². The van der Waals surface area contributed by atoms with E-state index in [2.05, 4.69) is 4.90 Å². The van der Waals surface area contributed by atoms with Gasteiger partial charge in [-0.2, -0.15) is 0 Å². The van der Waals surface area contributed by atoms with Crippen molar-refractivity contribution in [3.63, 3.8) is 0 Å². The quantitative estimate of drug-likeness (QED) is 0.618. The van der Waals surface area contributed by atoms with Gasteiger partial charge in [-0.25, -0.2) is 0 Å². The zero-order valence-electron chi connectivity index (χ0n) is 13.2. The molecule has 0 atom stereocenters. The molecule has 0 spiro atoms. The molecule has 0 saturated carbocycles. The predicted molar refractivity (Wildman–Crippen MR) is 90.1 cm³/mol. The Kier molecular flexibility index (Phi) is 8.46. The van der Waals surface area contributed by atoms with Crippen molar-refractivity contribution in [2.75, 3.05) is 26.2 Å². The Hall–Kier alpha value is -1.10. The van der Waals surface area contributed by atoms with Gasteiger partial charge in [-0.3, -0.25) is 4.79 Å². The molecule has 0 aliphatic carbocycles. The van der Waals surface area contributed by atoms with Crippen LogP contribution in [0.2, 0.25) is 0 Å². The number of Topliss-reactive ketones (excluding diaryl/α,β-unsaturated/α-hetero) is 1. The van der Waals surface area contributed by atoms with Gasteiger partial charge in [-0.05, 0) is 43.5 Å². The average Bonchev–Trinajstić information content (AvgIpc) is 2.53. The first-order chi connectivity index (χ1) is 10.2. The number of carbonyl (C=O) groups is 1. The molecule has 1 N–H and O–H groups in total. The first-order valence-corrected chi connectivity index (χ1v) is 7.85. The Labute approximate surface area is 138 Å². The van der Waals surface area contributed by atoms with E-state index in [1.54, 1.807) is 0 Å². The maximum absolute atomic E-state index is 11.5. The third-order valence-corrected chi connectivity index (χ3v) is 3.94. The Morgan fingerprint density at radius 1 is 1.27 bits per heavy atom. The highest BCUT2D eigenvalue weighted by atomic mass is 35.5. The SMILES string of the molecule is CCC(=O)c1ccc(OCCCN2CCC(O)CC2)cc1.Cl. The number of rotatable bonds is 7. The van der Waals surface area contributed by atoms with Crippen LogP contribution in [0, 0.1) is 0 Å². The van der Waals surface area contributed by atoms with Gasteiger partial charge in [0, 0.05) is 31.6 Å². The molecule has 0 bridgehead atoms. The molecule has 1 aliphatic heterocycles. The zero-order chi connectivity index (χ0) is 15.1. The van der Waals surface area contributed by atoms with E-state index < -0.39 is 0 Å². The van der Waals surface area contributed by atoms with Gasteiger partial charge in [-0.15, -0.1) is 12.4 Å². The fourth-order valence-corrected chi connectivity index (χ4v) is 2.56. The van der Waals surface area contributed by atoms with Crippen LogP contribution in [-0.2, 0) is 0 Å². The van der Waals surface area contributed by atoms with E-state index in [0.29, 0.717) is 13.0 Å². The second kappa shape index (κ2) is 9.82. The first-order valence-electron chi connectivity index (χ1n) is 7.85. The molecule has 1 aromatic carbocycles. The largest absolute Gasteiger partial charge is 0.494 e. The summed E-state index contributed by atoms with van der Waals surface area (Å²) in [6.07, 6.45) is 3.17. The van der Waals surface area contributed by atoms with Gasteiger partial charge in [0.25, 0.3) is 0 Å². The van der Waals surface area contributed by atoms with Crippen molar-refractivity contribution in [3.8, 4) is 5.75 Å². The maximum atomic E-state index is 11.5. The predicted octanol–water partition coefficient (Wildman–Crippen LogP) is 2.93. The number of halogens is 1. The maximum Gasteiger partial charge on any atom is 0.162 e. The van der Waals surface area contributed by atoms with Crippen molar-refractivity contribution in [2.45, 2.75) is 38.7 Å². The van der Waals surface area contributed by atoms with Crippen LogP contribution in [0.25, 0.3) is 0 Å². The lowest BCUT2D eigenvalue weighted by Crippen LogP contribution is -2.36. The van der Waals surface area contributed by atoms with Crippen LogP contribution in [0.15, 0.2) is 24.3 Å². The summed E-state index contributed by atoms with van der Waals surface area (Å²) in [4.78, 5) is 13.9. The van der Waals surface area contributed by atoms with Crippen LogP contribution in [0.4, 0.5) is 0 Å². The summed E-state index contributed by atoms with van der Waals surface area (Å²) in [5.41, 5.74) is 0.747. The molecule has 2 rings (SSSR count). The standard InChI is InChI=1S/C17H25NO3.ClH/c1-2-17(20)14-4-6-16(7-5-14)21-13-3-10-18-11-8-15(19)9-12-18;/h4-7,15,19H,2-3,8-13H2,1H3;1H. The van der Waals surface area contributed by atoms with Gasteiger partial charge in [0.05, 0.1) is 12.7 Å². The second-order valence-electron chi connectivity index (χ2n) is 5.58. The highest BCUT2D eigenvalue weighted by molar-refractivity contribution is 5.95. The number of piperidine rings is 1. The monoisotopic (exact) mass is 327 g/mol. The van der Waals surface area contributed by atoms with Gasteiger partial charge in [0.1, 0.15) is 5.75 Å². The summed E-state index contributed by atoms with van der Waals surface area (Å²) in [6.45, 7) is 5.52. The first kappa shape index (κ1) is 18.9. The zero-order valence-corrected chi connectivity index (χ0v) is 14.0. The minimum atomic E-state index is -0.109. The summed E-state index contributed by atoms with van der Waals surface area (Å²) in [7, 11) is 0. The molecule has 1 saturated heterocycles. The Balaban J connectivity index is 0.00000242. The van der Waals surface area contributed by atoms with E-state index >= 15 is 0 Å². The Bertz CT molecular complexity index is 442. The normalized spacial score (nSPS) is 16.1. The van der Waals surface area contributed by atoms with Gasteiger partial charge < -0.3 is 14.7 Å². The second-order valence-corrected chi connectivity index (χ2v) is 5.58. The summed E-state index contributed by atoms with van der Waals surface area (Å²) in [5.74, 6) is 0.977. The van der Waals surface area contributed by atoms with Crippen molar-refractivity contribution < 1.29 is 14.6 Å². The van der Waals surface area contributed by atoms with Crippen LogP contribution in [0.3, 0.4) is 0 Å². The van der Waals surface area contributed by atoms with Crippen LogP contribution < -0.4 is 4.74 Å². The molecule has 22 heavy (non-hydrogen) atoms. The lowest BCUT2D eigenvalue weighted by atomic mass is 10.1. The molecule has 1 heterocycles. The van der Waals surface area contributed by atoms with Crippen LogP contribution in [-0.4, -0.2) is 48.1 Å². The Morgan fingerprint density at radius 3 is 2.50 bits per heavy atom. The number of likely N-dealkylation sites (tertiary alicyclic amines) is 1. The molecule has 0 amide bonds. The van der Waals surface area contributed by atoms with E-state index in [9.17, 15) is 9.90 Å². The molecule has 1 fully saturated rings. The number of nitrogens with zero attached hydrogens (tertiary/aromatic N) is 1. The number of carbonyl (C=O) groups excluding carboxylic acids is 1. The highest BCUT2D eigenvalue weighted by Gasteiger charge is 2.16. The molecule has 1 aliphatic rings. The molecule has 124 valence electrons. The van der Waals surface area contributed by atoms with E-state index in [4.69, 9.17) is 4.74 Å². The number of ether oxygens (including phenoxy) is 1. The molecular weight excluding hydrogens is 302 g/mol. The molecule has 4 nitrogen and oxygen atoms in total. The number of aliphatic hydroxyl groups is 1. The summed E-state index contributed by atoms with van der Waals surface area (Å²) >= 11 is 0. The topological polar surface area (TPSA) is 49.8 Å². The summed E-state index contributed by atoms with van der Waals surface area (Å²) < 4.78 is 5.70. The molecule has 5 heteroatoms. The van der Waals surface area contributed by atoms with Crippen molar-refractivity contribution in [1.82, 2.24) is 4.90 Å². The summed E-state index contributed by atoms with van der Waals surface area (Å²) in [6, 6.07) is 7.38. The van der Waals surface area contributed by atoms with Crippen molar-refractivity contribution >= 4 is 18.2 Å². The molecule has 1 aromatic rings. The third kappa shape index (κ3) is 5.95. The van der Waals surface area contributed by atoms with Gasteiger partial charge in [0.2, 0.25) is 0 Å². The fourth-order valence-electron chi connectivity index (χ4n) is 2.56. The van der Waals surface area contributed by atoms with Crippen molar-refractivity contribution in [1.29, 1.82) is 0 Å². The average molecular weight is 328 g/mol. The molecule has 0 radical (unpaired) electrons. The lowest BCUT2D eigenvalue weighted by molar-refractivity contribution is 0.0800. The van der Waals surface area contributed by atoms with Gasteiger partial charge in [-0.1, -0.05) is 6.92 Å². The number of aliphatic hydroxyl groups excluding tert-OH is 1. The number of benzene rings is 1. The number of ketones is 1. The van der Waals surface area contributed by atoms with Crippen molar-refractivity contribution in [3.05, 3.63) is 29.8 Å². The minimum absolute atomic E-state index is 0. The van der Waals surface area contributed by atoms with Gasteiger partial charge in [0.15, 0.2) is 5.78 Å².